The van der Waals surface area contributed by atoms with Gasteiger partial charge in [0.2, 0.25) is 5.91 Å². The van der Waals surface area contributed by atoms with Gasteiger partial charge in [-0.25, -0.2) is 0 Å². The Morgan fingerprint density at radius 2 is 2.00 bits per heavy atom. The van der Waals surface area contributed by atoms with Crippen molar-refractivity contribution < 1.29 is 9.59 Å². The van der Waals surface area contributed by atoms with Crippen molar-refractivity contribution in [2.75, 3.05) is 13.1 Å². The summed E-state index contributed by atoms with van der Waals surface area (Å²) in [5.74, 6) is -0.518. The monoisotopic (exact) mass is 268 g/mol. The molecule has 2 N–H and O–H groups in total. The van der Waals surface area contributed by atoms with Crippen molar-refractivity contribution in [3.05, 3.63) is 34.9 Å². The van der Waals surface area contributed by atoms with Gasteiger partial charge >= 0.3 is 0 Å². The predicted molar refractivity (Wildman–Crippen MR) is 71.7 cm³/mol. The molecule has 18 heavy (non-hydrogen) atoms. The summed E-state index contributed by atoms with van der Waals surface area (Å²) in [6.07, 6.45) is 0. The van der Waals surface area contributed by atoms with Gasteiger partial charge in [-0.2, -0.15) is 0 Å². The van der Waals surface area contributed by atoms with Crippen LogP contribution in [0.2, 0.25) is 5.02 Å². The zero-order valence-electron chi connectivity index (χ0n) is 10.5. The van der Waals surface area contributed by atoms with E-state index in [1.54, 1.807) is 29.2 Å². The molecule has 0 heterocycles. The van der Waals surface area contributed by atoms with Gasteiger partial charge in [0.1, 0.15) is 0 Å². The third kappa shape index (κ3) is 4.47. The number of amides is 1. The molecule has 0 saturated carbocycles. The van der Waals surface area contributed by atoms with E-state index in [9.17, 15) is 9.59 Å². The molecule has 5 heteroatoms. The molecule has 0 radical (unpaired) electrons. The first-order chi connectivity index (χ1) is 8.40. The molecule has 0 unspecified atom stereocenters. The van der Waals surface area contributed by atoms with Crippen molar-refractivity contribution in [2.45, 2.75) is 19.9 Å². The molecule has 1 amide bonds. The Labute approximate surface area is 112 Å². The van der Waals surface area contributed by atoms with Crippen LogP contribution >= 0.6 is 11.6 Å². The van der Waals surface area contributed by atoms with Crippen molar-refractivity contribution in [2.24, 2.45) is 5.73 Å². The van der Waals surface area contributed by atoms with Crippen LogP contribution in [0.15, 0.2) is 24.3 Å². The lowest BCUT2D eigenvalue weighted by Gasteiger charge is -2.24. The van der Waals surface area contributed by atoms with E-state index in [4.69, 9.17) is 17.3 Å². The second-order valence-corrected chi connectivity index (χ2v) is 4.84. The standard InChI is InChI=1S/C13H17ClN2O2/c1-9(2)16(8-13(15)18)7-12(17)10-4-3-5-11(14)6-10/h3-6,9H,7-8H2,1-2H3,(H2,15,18). The lowest BCUT2D eigenvalue weighted by atomic mass is 10.1. The first-order valence-electron chi connectivity index (χ1n) is 5.71. The summed E-state index contributed by atoms with van der Waals surface area (Å²) >= 11 is 5.83. The minimum absolute atomic E-state index is 0.0700. The fraction of sp³-hybridized carbons (Fsp3) is 0.385. The fourth-order valence-electron chi connectivity index (χ4n) is 1.56. The van der Waals surface area contributed by atoms with E-state index in [0.717, 1.165) is 0 Å². The number of primary amides is 1. The number of rotatable bonds is 6. The molecule has 0 bridgehead atoms. The van der Waals surface area contributed by atoms with Gasteiger partial charge in [0.25, 0.3) is 0 Å². The summed E-state index contributed by atoms with van der Waals surface area (Å²) in [6, 6.07) is 6.83. The van der Waals surface area contributed by atoms with Gasteiger partial charge in [-0.1, -0.05) is 23.7 Å². The molecular formula is C13H17ClN2O2. The number of carbonyl (C=O) groups excluding carboxylic acids is 2. The van der Waals surface area contributed by atoms with Gasteiger partial charge in [-0.15, -0.1) is 0 Å². The predicted octanol–water partition coefficient (Wildman–Crippen LogP) is 1.72. The van der Waals surface area contributed by atoms with Crippen LogP contribution in [0.3, 0.4) is 0 Å². The number of hydrogen-bond acceptors (Lipinski definition) is 3. The average Bonchev–Trinajstić information content (AvgIpc) is 2.27. The molecule has 98 valence electrons. The van der Waals surface area contributed by atoms with Gasteiger partial charge in [-0.05, 0) is 26.0 Å². The van der Waals surface area contributed by atoms with E-state index in [1.807, 2.05) is 13.8 Å². The number of halogens is 1. The van der Waals surface area contributed by atoms with E-state index in [0.29, 0.717) is 10.6 Å². The fourth-order valence-corrected chi connectivity index (χ4v) is 1.75. The second-order valence-electron chi connectivity index (χ2n) is 4.40. The summed E-state index contributed by atoms with van der Waals surface area (Å²) in [5, 5.41) is 0.520. The number of nitrogens with two attached hydrogens (primary N) is 1. The minimum atomic E-state index is -0.442. The first kappa shape index (κ1) is 14.7. The third-order valence-electron chi connectivity index (χ3n) is 2.58. The summed E-state index contributed by atoms with van der Waals surface area (Å²) in [5.41, 5.74) is 5.70. The number of hydrogen-bond donors (Lipinski definition) is 1. The van der Waals surface area contributed by atoms with Gasteiger partial charge in [0.05, 0.1) is 13.1 Å². The highest BCUT2D eigenvalue weighted by Gasteiger charge is 2.17. The van der Waals surface area contributed by atoms with Gasteiger partial charge < -0.3 is 5.73 Å². The minimum Gasteiger partial charge on any atom is -0.369 e. The molecular weight excluding hydrogens is 252 g/mol. The highest BCUT2D eigenvalue weighted by atomic mass is 35.5. The Morgan fingerprint density at radius 3 is 2.50 bits per heavy atom. The lowest BCUT2D eigenvalue weighted by Crippen LogP contribution is -2.41. The summed E-state index contributed by atoms with van der Waals surface area (Å²) in [4.78, 5) is 24.7. The number of nitrogens with zero attached hydrogens (tertiary/aromatic N) is 1. The lowest BCUT2D eigenvalue weighted by molar-refractivity contribution is -0.119. The van der Waals surface area contributed by atoms with Crippen LogP contribution in [-0.2, 0) is 4.79 Å². The van der Waals surface area contributed by atoms with Crippen molar-refractivity contribution in [1.29, 1.82) is 0 Å². The smallest absolute Gasteiger partial charge is 0.231 e. The van der Waals surface area contributed by atoms with Crippen LogP contribution < -0.4 is 5.73 Å². The quantitative estimate of drug-likeness (QED) is 0.799. The number of carbonyl (C=O) groups is 2. The molecule has 0 fully saturated rings. The normalized spacial score (nSPS) is 10.9. The molecule has 0 aliphatic heterocycles. The van der Waals surface area contributed by atoms with Crippen molar-refractivity contribution in [3.8, 4) is 0 Å². The Morgan fingerprint density at radius 1 is 1.33 bits per heavy atom. The zero-order valence-corrected chi connectivity index (χ0v) is 11.3. The van der Waals surface area contributed by atoms with Crippen LogP contribution in [-0.4, -0.2) is 35.7 Å². The van der Waals surface area contributed by atoms with Crippen LogP contribution in [0.5, 0.6) is 0 Å². The molecule has 1 aromatic rings. The highest BCUT2D eigenvalue weighted by Crippen LogP contribution is 2.12. The van der Waals surface area contributed by atoms with Crippen molar-refractivity contribution >= 4 is 23.3 Å². The van der Waals surface area contributed by atoms with Gasteiger partial charge in [0.15, 0.2) is 5.78 Å². The molecule has 0 atom stereocenters. The molecule has 0 spiro atoms. The Balaban J connectivity index is 2.75. The Hall–Kier alpha value is -1.39. The van der Waals surface area contributed by atoms with E-state index < -0.39 is 5.91 Å². The van der Waals surface area contributed by atoms with Crippen LogP contribution in [0, 0.1) is 0 Å². The largest absolute Gasteiger partial charge is 0.369 e. The topological polar surface area (TPSA) is 63.4 Å². The molecule has 1 rings (SSSR count). The van der Waals surface area contributed by atoms with Crippen LogP contribution in [0.25, 0.3) is 0 Å². The SMILES string of the molecule is CC(C)N(CC(N)=O)CC(=O)c1cccc(Cl)c1. The van der Waals surface area contributed by atoms with E-state index >= 15 is 0 Å². The second kappa shape index (κ2) is 6.52. The third-order valence-corrected chi connectivity index (χ3v) is 2.82. The van der Waals surface area contributed by atoms with E-state index in [-0.39, 0.29) is 24.9 Å². The number of Topliss-reactive ketones (excluding diaryl/α,β-unsaturated/α-hetero) is 1. The van der Waals surface area contributed by atoms with Gasteiger partial charge in [-0.3, -0.25) is 14.5 Å². The molecule has 0 saturated heterocycles. The molecule has 0 aliphatic carbocycles. The molecule has 0 aromatic heterocycles. The summed E-state index contributed by atoms with van der Waals surface area (Å²) in [6.45, 7) is 4.05. The van der Waals surface area contributed by atoms with E-state index in [2.05, 4.69) is 0 Å². The number of ketones is 1. The van der Waals surface area contributed by atoms with Gasteiger partial charge in [0, 0.05) is 16.6 Å². The zero-order chi connectivity index (χ0) is 13.7. The van der Waals surface area contributed by atoms with Crippen LogP contribution in [0.1, 0.15) is 24.2 Å². The summed E-state index contributed by atoms with van der Waals surface area (Å²) < 4.78 is 0. The Bertz CT molecular complexity index is 446. The maximum absolute atomic E-state index is 12.0. The van der Waals surface area contributed by atoms with Crippen molar-refractivity contribution in [3.63, 3.8) is 0 Å². The van der Waals surface area contributed by atoms with Crippen LogP contribution in [0.4, 0.5) is 0 Å². The average molecular weight is 269 g/mol. The molecule has 1 aromatic carbocycles. The first-order valence-corrected chi connectivity index (χ1v) is 6.09. The maximum atomic E-state index is 12.0. The molecule has 0 aliphatic rings. The highest BCUT2D eigenvalue weighted by molar-refractivity contribution is 6.31. The van der Waals surface area contributed by atoms with E-state index in [1.165, 1.54) is 0 Å². The number of benzene rings is 1. The Kier molecular flexibility index (Phi) is 5.31. The maximum Gasteiger partial charge on any atom is 0.231 e. The molecule has 4 nitrogen and oxygen atoms in total. The van der Waals surface area contributed by atoms with Crippen molar-refractivity contribution in [1.82, 2.24) is 4.90 Å². The summed E-state index contributed by atoms with van der Waals surface area (Å²) in [7, 11) is 0.